The van der Waals surface area contributed by atoms with E-state index in [-0.39, 0.29) is 24.1 Å². The van der Waals surface area contributed by atoms with Gasteiger partial charge in [-0.1, -0.05) is 11.6 Å². The molecule has 1 unspecified atom stereocenters. The molecule has 0 amide bonds. The first-order chi connectivity index (χ1) is 8.97. The number of nitrogens with zero attached hydrogens (tertiary/aromatic N) is 1. The average Bonchev–Trinajstić information content (AvgIpc) is 2.35. The lowest BCUT2D eigenvalue weighted by Crippen LogP contribution is -2.10. The fraction of sp³-hybridized carbons (Fsp3) is 0.250. The average molecular weight is 284 g/mol. The molecule has 0 aliphatic heterocycles. The molecule has 100 valence electrons. The van der Waals surface area contributed by atoms with E-state index < -0.39 is 16.7 Å². The summed E-state index contributed by atoms with van der Waals surface area (Å²) in [7, 11) is 0. The molecule has 0 bridgehead atoms. The van der Waals surface area contributed by atoms with E-state index in [1.54, 1.807) is 12.1 Å². The molecule has 6 nitrogen and oxygen atoms in total. The SMILES string of the molecule is O=c1cc(C(O)CC[N+](=O)[O-])c2cc(Cl)ccc2o1. The van der Waals surface area contributed by atoms with Crippen LogP contribution in [0.15, 0.2) is 33.5 Å². The summed E-state index contributed by atoms with van der Waals surface area (Å²) < 4.78 is 4.97. The van der Waals surface area contributed by atoms with E-state index in [2.05, 4.69) is 0 Å². The molecule has 2 aromatic rings. The second-order valence-electron chi connectivity index (χ2n) is 4.02. The fourth-order valence-corrected chi connectivity index (χ4v) is 1.99. The van der Waals surface area contributed by atoms with Crippen LogP contribution in [0.25, 0.3) is 11.0 Å². The number of hydrogen-bond acceptors (Lipinski definition) is 5. The molecule has 1 N–H and O–H groups in total. The second kappa shape index (κ2) is 5.38. The van der Waals surface area contributed by atoms with E-state index >= 15 is 0 Å². The number of halogens is 1. The van der Waals surface area contributed by atoms with Gasteiger partial charge in [0, 0.05) is 27.8 Å². The minimum Gasteiger partial charge on any atom is -0.423 e. The Hall–Kier alpha value is -1.92. The predicted octanol–water partition coefficient (Wildman–Crippen LogP) is 2.15. The third kappa shape index (κ3) is 3.10. The molecule has 1 heterocycles. The van der Waals surface area contributed by atoms with Crippen molar-refractivity contribution in [3.63, 3.8) is 0 Å². The van der Waals surface area contributed by atoms with Gasteiger partial charge in [0.25, 0.3) is 0 Å². The predicted molar refractivity (Wildman–Crippen MR) is 68.9 cm³/mol. The Labute approximate surface area is 112 Å². The maximum atomic E-state index is 11.4. The van der Waals surface area contributed by atoms with Crippen molar-refractivity contribution in [1.29, 1.82) is 0 Å². The lowest BCUT2D eigenvalue weighted by molar-refractivity contribution is -0.482. The third-order valence-corrected chi connectivity index (χ3v) is 2.92. The van der Waals surface area contributed by atoms with Gasteiger partial charge in [0.15, 0.2) is 0 Å². The van der Waals surface area contributed by atoms with Gasteiger partial charge in [0.05, 0.1) is 6.10 Å². The molecule has 2 rings (SSSR count). The van der Waals surface area contributed by atoms with Gasteiger partial charge in [0.1, 0.15) is 5.58 Å². The minimum atomic E-state index is -1.12. The van der Waals surface area contributed by atoms with Gasteiger partial charge in [-0.15, -0.1) is 0 Å². The lowest BCUT2D eigenvalue weighted by atomic mass is 10.0. The molecule has 0 radical (unpaired) electrons. The van der Waals surface area contributed by atoms with Crippen molar-refractivity contribution < 1.29 is 14.4 Å². The number of nitro groups is 1. The smallest absolute Gasteiger partial charge is 0.336 e. The first-order valence-corrected chi connectivity index (χ1v) is 5.88. The fourth-order valence-electron chi connectivity index (χ4n) is 1.82. The Morgan fingerprint density at radius 1 is 1.42 bits per heavy atom. The molecule has 19 heavy (non-hydrogen) atoms. The highest BCUT2D eigenvalue weighted by Crippen LogP contribution is 2.27. The van der Waals surface area contributed by atoms with Crippen LogP contribution in [0.1, 0.15) is 18.1 Å². The van der Waals surface area contributed by atoms with Crippen LogP contribution in [0.5, 0.6) is 0 Å². The number of benzene rings is 1. The van der Waals surface area contributed by atoms with Crippen molar-refractivity contribution in [2.75, 3.05) is 6.54 Å². The van der Waals surface area contributed by atoms with Crippen LogP contribution in [0.2, 0.25) is 5.02 Å². The molecule has 0 saturated carbocycles. The van der Waals surface area contributed by atoms with Crippen molar-refractivity contribution in [2.24, 2.45) is 0 Å². The van der Waals surface area contributed by atoms with E-state index in [1.165, 1.54) is 6.07 Å². The van der Waals surface area contributed by atoms with Crippen LogP contribution >= 0.6 is 11.6 Å². The highest BCUT2D eigenvalue weighted by molar-refractivity contribution is 6.31. The molecule has 1 atom stereocenters. The maximum absolute atomic E-state index is 11.4. The van der Waals surface area contributed by atoms with Crippen LogP contribution in [0, 0.1) is 10.1 Å². The second-order valence-corrected chi connectivity index (χ2v) is 4.46. The Morgan fingerprint density at radius 3 is 2.84 bits per heavy atom. The first-order valence-electron chi connectivity index (χ1n) is 5.50. The van der Waals surface area contributed by atoms with E-state index in [0.29, 0.717) is 10.4 Å². The number of rotatable bonds is 4. The standard InChI is InChI=1S/C12H10ClNO5/c13-7-1-2-11-9(5-7)8(6-12(16)19-11)10(15)3-4-14(17)18/h1-2,5-6,10,15H,3-4H2. The molecule has 0 aliphatic rings. The Bertz CT molecular complexity index is 681. The summed E-state index contributed by atoms with van der Waals surface area (Å²) in [4.78, 5) is 21.2. The zero-order valence-electron chi connectivity index (χ0n) is 9.71. The molecule has 7 heteroatoms. The topological polar surface area (TPSA) is 93.6 Å². The summed E-state index contributed by atoms with van der Waals surface area (Å²) >= 11 is 5.85. The Balaban J connectivity index is 2.48. The van der Waals surface area contributed by atoms with Crippen LogP contribution in [-0.2, 0) is 0 Å². The number of aliphatic hydroxyl groups is 1. The third-order valence-electron chi connectivity index (χ3n) is 2.68. The summed E-state index contributed by atoms with van der Waals surface area (Å²) in [5, 5.41) is 21.2. The van der Waals surface area contributed by atoms with Gasteiger partial charge >= 0.3 is 5.63 Å². The monoisotopic (exact) mass is 283 g/mol. The zero-order valence-corrected chi connectivity index (χ0v) is 10.5. The van der Waals surface area contributed by atoms with Crippen molar-refractivity contribution in [3.05, 3.63) is 55.4 Å². The van der Waals surface area contributed by atoms with Gasteiger partial charge in [-0.3, -0.25) is 10.1 Å². The largest absolute Gasteiger partial charge is 0.423 e. The van der Waals surface area contributed by atoms with Gasteiger partial charge in [-0.05, 0) is 23.8 Å². The first kappa shape index (κ1) is 13.5. The quantitative estimate of drug-likeness (QED) is 0.527. The molecule has 0 spiro atoms. The molecular weight excluding hydrogens is 274 g/mol. The maximum Gasteiger partial charge on any atom is 0.336 e. The van der Waals surface area contributed by atoms with Gasteiger partial charge in [0.2, 0.25) is 6.54 Å². The van der Waals surface area contributed by atoms with Gasteiger partial charge < -0.3 is 9.52 Å². The molecule has 1 aromatic carbocycles. The number of fused-ring (bicyclic) bond motifs is 1. The highest BCUT2D eigenvalue weighted by atomic mass is 35.5. The molecule has 0 fully saturated rings. The van der Waals surface area contributed by atoms with Gasteiger partial charge in [-0.25, -0.2) is 4.79 Å². The highest BCUT2D eigenvalue weighted by Gasteiger charge is 2.16. The Kier molecular flexibility index (Phi) is 3.82. The van der Waals surface area contributed by atoms with E-state index in [0.717, 1.165) is 6.07 Å². The minimum absolute atomic E-state index is 0.0853. The van der Waals surface area contributed by atoms with Gasteiger partial charge in [-0.2, -0.15) is 0 Å². The molecule has 0 saturated heterocycles. The van der Waals surface area contributed by atoms with E-state index in [1.807, 2.05) is 0 Å². The number of aliphatic hydroxyl groups excluding tert-OH is 1. The van der Waals surface area contributed by atoms with Crippen LogP contribution in [0.4, 0.5) is 0 Å². The molecular formula is C12H10ClNO5. The van der Waals surface area contributed by atoms with Crippen molar-refractivity contribution in [1.82, 2.24) is 0 Å². The normalized spacial score (nSPS) is 12.5. The Morgan fingerprint density at radius 2 is 2.16 bits per heavy atom. The summed E-state index contributed by atoms with van der Waals surface area (Å²) in [5.41, 5.74) is -0.0485. The van der Waals surface area contributed by atoms with Crippen LogP contribution in [0.3, 0.4) is 0 Å². The lowest BCUT2D eigenvalue weighted by Gasteiger charge is -2.11. The van der Waals surface area contributed by atoms with E-state index in [9.17, 15) is 20.0 Å². The van der Waals surface area contributed by atoms with E-state index in [4.69, 9.17) is 16.0 Å². The summed E-state index contributed by atoms with van der Waals surface area (Å²) in [6.07, 6.45) is -1.20. The zero-order chi connectivity index (χ0) is 14.0. The number of hydrogen-bond donors (Lipinski definition) is 1. The van der Waals surface area contributed by atoms with Crippen LogP contribution < -0.4 is 5.63 Å². The van der Waals surface area contributed by atoms with Crippen LogP contribution in [-0.4, -0.2) is 16.6 Å². The van der Waals surface area contributed by atoms with Crippen molar-refractivity contribution in [2.45, 2.75) is 12.5 Å². The molecule has 0 aliphatic carbocycles. The summed E-state index contributed by atoms with van der Waals surface area (Å²) in [6.45, 7) is -0.385. The summed E-state index contributed by atoms with van der Waals surface area (Å²) in [5.74, 6) is 0. The van der Waals surface area contributed by atoms with Crippen molar-refractivity contribution >= 4 is 22.6 Å². The summed E-state index contributed by atoms with van der Waals surface area (Å²) in [6, 6.07) is 5.75. The van der Waals surface area contributed by atoms with Crippen molar-refractivity contribution in [3.8, 4) is 0 Å². The molecule has 1 aromatic heterocycles.